The molecule has 0 aliphatic carbocycles. The number of alkyl halides is 3. The Kier molecular flexibility index (Phi) is 4.99. The molecule has 8 heteroatoms. The number of carboxylic acid groups (broad SMARTS) is 1. The molecule has 19 heavy (non-hydrogen) atoms. The van der Waals surface area contributed by atoms with Crippen molar-refractivity contribution in [1.29, 1.82) is 0 Å². The van der Waals surface area contributed by atoms with Crippen molar-refractivity contribution in [3.05, 3.63) is 22.8 Å². The van der Waals surface area contributed by atoms with Crippen molar-refractivity contribution >= 4 is 23.4 Å². The van der Waals surface area contributed by atoms with E-state index in [9.17, 15) is 18.0 Å². The quantitative estimate of drug-likeness (QED) is 0.907. The van der Waals surface area contributed by atoms with Gasteiger partial charge in [0.2, 0.25) is 0 Å². The van der Waals surface area contributed by atoms with Gasteiger partial charge in [0.15, 0.2) is 0 Å². The molecule has 0 fully saturated rings. The van der Waals surface area contributed by atoms with Gasteiger partial charge >= 0.3 is 12.1 Å². The van der Waals surface area contributed by atoms with Crippen molar-refractivity contribution in [2.24, 2.45) is 0 Å². The maximum absolute atomic E-state index is 12.4. The van der Waals surface area contributed by atoms with Gasteiger partial charge in [-0.1, -0.05) is 11.6 Å². The van der Waals surface area contributed by atoms with Crippen LogP contribution in [0.1, 0.15) is 18.4 Å². The van der Waals surface area contributed by atoms with E-state index in [1.165, 1.54) is 4.90 Å². The van der Waals surface area contributed by atoms with Crippen LogP contribution < -0.4 is 4.90 Å². The number of hydrogen-bond acceptors (Lipinski definition) is 3. The summed E-state index contributed by atoms with van der Waals surface area (Å²) >= 11 is 5.75. The van der Waals surface area contributed by atoms with Gasteiger partial charge in [-0.25, -0.2) is 4.98 Å². The molecule has 0 atom stereocenters. The van der Waals surface area contributed by atoms with Crippen LogP contribution in [0.15, 0.2) is 12.3 Å². The highest BCUT2D eigenvalue weighted by molar-refractivity contribution is 6.33. The molecule has 0 saturated heterocycles. The zero-order valence-corrected chi connectivity index (χ0v) is 10.8. The predicted octanol–water partition coefficient (Wildman–Crippen LogP) is 3.05. The van der Waals surface area contributed by atoms with Gasteiger partial charge in [-0.15, -0.1) is 0 Å². The highest BCUT2D eigenvalue weighted by Crippen LogP contribution is 2.33. The van der Waals surface area contributed by atoms with Crippen LogP contribution >= 0.6 is 11.6 Å². The molecular formula is C11H12ClF3N2O2. The molecule has 1 heterocycles. The lowest BCUT2D eigenvalue weighted by molar-refractivity contribution is -0.138. The van der Waals surface area contributed by atoms with Crippen molar-refractivity contribution in [2.75, 3.05) is 18.5 Å². The van der Waals surface area contributed by atoms with E-state index in [4.69, 9.17) is 16.7 Å². The summed E-state index contributed by atoms with van der Waals surface area (Å²) in [5.74, 6) is -0.736. The molecule has 4 nitrogen and oxygen atoms in total. The van der Waals surface area contributed by atoms with E-state index in [2.05, 4.69) is 4.98 Å². The second-order valence-electron chi connectivity index (χ2n) is 3.95. The number of carbonyl (C=O) groups is 1. The molecule has 0 saturated carbocycles. The van der Waals surface area contributed by atoms with Crippen LogP contribution in [0, 0.1) is 0 Å². The first-order valence-corrected chi connectivity index (χ1v) is 5.75. The van der Waals surface area contributed by atoms with Gasteiger partial charge in [0.05, 0.1) is 10.6 Å². The Hall–Kier alpha value is -1.50. The standard InChI is InChI=1S/C11H12ClF3N2O2/c1-17(4-2-3-9(18)19)10-8(12)5-7(6-16-10)11(13,14)15/h5-6H,2-4H2,1H3,(H,18,19). The third-order valence-electron chi connectivity index (χ3n) is 2.39. The van der Waals surface area contributed by atoms with E-state index in [1.54, 1.807) is 7.05 Å². The fourth-order valence-electron chi connectivity index (χ4n) is 1.44. The second-order valence-corrected chi connectivity index (χ2v) is 4.35. The molecule has 0 unspecified atom stereocenters. The monoisotopic (exact) mass is 296 g/mol. The Bertz CT molecular complexity index is 466. The average molecular weight is 297 g/mol. The molecule has 0 spiro atoms. The van der Waals surface area contributed by atoms with E-state index in [-0.39, 0.29) is 17.3 Å². The van der Waals surface area contributed by atoms with Crippen molar-refractivity contribution in [1.82, 2.24) is 4.98 Å². The fourth-order valence-corrected chi connectivity index (χ4v) is 1.75. The number of anilines is 1. The number of nitrogens with zero attached hydrogens (tertiary/aromatic N) is 2. The minimum absolute atomic E-state index is 0.0252. The van der Waals surface area contributed by atoms with Crippen LogP contribution in [-0.2, 0) is 11.0 Å². The van der Waals surface area contributed by atoms with Crippen LogP contribution in [0.2, 0.25) is 5.02 Å². The van der Waals surface area contributed by atoms with Gasteiger partial charge in [-0.05, 0) is 12.5 Å². The number of pyridine rings is 1. The van der Waals surface area contributed by atoms with Gasteiger partial charge in [0, 0.05) is 26.2 Å². The largest absolute Gasteiger partial charge is 0.481 e. The summed E-state index contributed by atoms with van der Waals surface area (Å²) in [6.45, 7) is 0.338. The van der Waals surface area contributed by atoms with Crippen LogP contribution in [0.5, 0.6) is 0 Å². The smallest absolute Gasteiger partial charge is 0.417 e. The number of hydrogen-bond donors (Lipinski definition) is 1. The number of rotatable bonds is 5. The van der Waals surface area contributed by atoms with Gasteiger partial charge in [0.25, 0.3) is 0 Å². The minimum Gasteiger partial charge on any atom is -0.481 e. The molecule has 1 N–H and O–H groups in total. The first kappa shape index (κ1) is 15.6. The lowest BCUT2D eigenvalue weighted by atomic mass is 10.2. The van der Waals surface area contributed by atoms with E-state index in [0.29, 0.717) is 19.2 Å². The Morgan fingerprint density at radius 3 is 2.63 bits per heavy atom. The first-order chi connectivity index (χ1) is 8.71. The maximum atomic E-state index is 12.4. The molecule has 0 aliphatic heterocycles. The number of aromatic nitrogens is 1. The normalized spacial score (nSPS) is 11.4. The lowest BCUT2D eigenvalue weighted by Crippen LogP contribution is -2.21. The number of carboxylic acids is 1. The first-order valence-electron chi connectivity index (χ1n) is 5.37. The molecule has 0 radical (unpaired) electrons. The summed E-state index contributed by atoms with van der Waals surface area (Å²) in [5, 5.41) is 8.37. The zero-order chi connectivity index (χ0) is 14.6. The lowest BCUT2D eigenvalue weighted by Gasteiger charge is -2.19. The number of aliphatic carboxylic acids is 1. The van der Waals surface area contributed by atoms with E-state index >= 15 is 0 Å². The molecule has 0 amide bonds. The highest BCUT2D eigenvalue weighted by Gasteiger charge is 2.31. The molecule has 1 aromatic rings. The van der Waals surface area contributed by atoms with Crippen molar-refractivity contribution < 1.29 is 23.1 Å². The second kappa shape index (κ2) is 6.10. The van der Waals surface area contributed by atoms with Crippen LogP contribution in [0.3, 0.4) is 0 Å². The zero-order valence-electron chi connectivity index (χ0n) is 10.0. The SMILES string of the molecule is CN(CCCC(=O)O)c1ncc(C(F)(F)F)cc1Cl. The third kappa shape index (κ3) is 4.59. The van der Waals surface area contributed by atoms with Gasteiger partial charge in [0.1, 0.15) is 5.82 Å². The van der Waals surface area contributed by atoms with Gasteiger partial charge < -0.3 is 10.0 Å². The third-order valence-corrected chi connectivity index (χ3v) is 2.67. The van der Waals surface area contributed by atoms with Gasteiger partial charge in [-0.2, -0.15) is 13.2 Å². The van der Waals surface area contributed by atoms with Crippen LogP contribution in [-0.4, -0.2) is 29.7 Å². The van der Waals surface area contributed by atoms with E-state index in [1.807, 2.05) is 0 Å². The Labute approximate surface area is 112 Å². The molecule has 1 rings (SSSR count). The van der Waals surface area contributed by atoms with E-state index < -0.39 is 17.7 Å². The molecular weight excluding hydrogens is 285 g/mol. The van der Waals surface area contributed by atoms with Crippen molar-refractivity contribution in [2.45, 2.75) is 19.0 Å². The van der Waals surface area contributed by atoms with Crippen LogP contribution in [0.4, 0.5) is 19.0 Å². The predicted molar refractivity (Wildman–Crippen MR) is 64.4 cm³/mol. The van der Waals surface area contributed by atoms with Crippen molar-refractivity contribution in [3.8, 4) is 0 Å². The summed E-state index contributed by atoms with van der Waals surface area (Å²) in [7, 11) is 1.59. The molecule has 106 valence electrons. The van der Waals surface area contributed by atoms with E-state index in [0.717, 1.165) is 6.07 Å². The average Bonchev–Trinajstić information content (AvgIpc) is 2.26. The van der Waals surface area contributed by atoms with Crippen molar-refractivity contribution in [3.63, 3.8) is 0 Å². The molecule has 1 aromatic heterocycles. The maximum Gasteiger partial charge on any atom is 0.417 e. The Morgan fingerprint density at radius 1 is 1.53 bits per heavy atom. The summed E-state index contributed by atoms with van der Waals surface area (Å²) in [6, 6.07) is 0.803. The molecule has 0 aliphatic rings. The number of halogens is 4. The fraction of sp³-hybridized carbons (Fsp3) is 0.455. The topological polar surface area (TPSA) is 53.4 Å². The van der Waals surface area contributed by atoms with Gasteiger partial charge in [-0.3, -0.25) is 4.79 Å². The molecule has 0 aromatic carbocycles. The Morgan fingerprint density at radius 2 is 2.16 bits per heavy atom. The highest BCUT2D eigenvalue weighted by atomic mass is 35.5. The minimum atomic E-state index is -4.49. The summed E-state index contributed by atoms with van der Waals surface area (Å²) in [4.78, 5) is 15.5. The Balaban J connectivity index is 2.76. The summed E-state index contributed by atoms with van der Waals surface area (Å²) in [5.41, 5.74) is -0.916. The summed E-state index contributed by atoms with van der Waals surface area (Å²) < 4.78 is 37.2. The van der Waals surface area contributed by atoms with Crippen LogP contribution in [0.25, 0.3) is 0 Å². The molecule has 0 bridgehead atoms. The summed E-state index contributed by atoms with van der Waals surface area (Å²) in [6.07, 6.45) is -3.46.